The van der Waals surface area contributed by atoms with Gasteiger partial charge in [-0.15, -0.1) is 0 Å². The Hall–Kier alpha value is -2.19. The van der Waals surface area contributed by atoms with Crippen LogP contribution in [0, 0.1) is 0 Å². The summed E-state index contributed by atoms with van der Waals surface area (Å²) in [7, 11) is 3.99. The first-order chi connectivity index (χ1) is 10.2. The van der Waals surface area contributed by atoms with Crippen molar-refractivity contribution in [3.05, 3.63) is 60.2 Å². The van der Waals surface area contributed by atoms with E-state index in [0.717, 1.165) is 33.7 Å². The monoisotopic (exact) mass is 277 g/mol. The predicted molar refractivity (Wildman–Crippen MR) is 89.0 cm³/mol. The average molecular weight is 277 g/mol. The third-order valence-corrected chi connectivity index (χ3v) is 3.84. The molecule has 0 saturated carbocycles. The normalized spacial score (nSPS) is 11.4. The van der Waals surface area contributed by atoms with Crippen molar-refractivity contribution in [1.82, 2.24) is 4.90 Å². The zero-order valence-electron chi connectivity index (χ0n) is 12.5. The van der Waals surface area contributed by atoms with Crippen molar-refractivity contribution in [2.24, 2.45) is 0 Å². The molecule has 106 valence electrons. The van der Waals surface area contributed by atoms with Gasteiger partial charge in [0.15, 0.2) is 5.78 Å². The molecule has 0 saturated heterocycles. The highest BCUT2D eigenvalue weighted by Crippen LogP contribution is 2.29. The number of hydrogen-bond acceptors (Lipinski definition) is 2. The summed E-state index contributed by atoms with van der Waals surface area (Å²) in [5, 5.41) is 4.37. The molecule has 0 fully saturated rings. The molecule has 3 aromatic carbocycles. The summed E-state index contributed by atoms with van der Waals surface area (Å²) in [5.41, 5.74) is 0.866. The Bertz CT molecular complexity index is 751. The molecule has 0 radical (unpaired) electrons. The van der Waals surface area contributed by atoms with Crippen molar-refractivity contribution in [3.63, 3.8) is 0 Å². The molecule has 3 aromatic rings. The minimum Gasteiger partial charge on any atom is -0.309 e. The zero-order valence-corrected chi connectivity index (χ0v) is 12.5. The lowest BCUT2D eigenvalue weighted by atomic mass is 9.93. The second kappa shape index (κ2) is 5.66. The van der Waals surface area contributed by atoms with Gasteiger partial charge in [-0.2, -0.15) is 0 Å². The van der Waals surface area contributed by atoms with Gasteiger partial charge in [-0.05, 0) is 41.7 Å². The molecule has 0 aromatic heterocycles. The molecule has 0 amide bonds. The third kappa shape index (κ3) is 2.67. The van der Waals surface area contributed by atoms with Crippen LogP contribution in [0.5, 0.6) is 0 Å². The van der Waals surface area contributed by atoms with E-state index >= 15 is 0 Å². The van der Waals surface area contributed by atoms with Crippen LogP contribution in [0.3, 0.4) is 0 Å². The minimum atomic E-state index is 0.219. The lowest BCUT2D eigenvalue weighted by molar-refractivity contribution is 0.0975. The number of rotatable bonds is 4. The van der Waals surface area contributed by atoms with Gasteiger partial charge >= 0.3 is 0 Å². The maximum atomic E-state index is 12.8. The second-order valence-corrected chi connectivity index (χ2v) is 5.67. The summed E-state index contributed by atoms with van der Waals surface area (Å²) in [5.74, 6) is 0.219. The Balaban J connectivity index is 2.22. The van der Waals surface area contributed by atoms with Crippen molar-refractivity contribution in [2.75, 3.05) is 20.6 Å². The van der Waals surface area contributed by atoms with Gasteiger partial charge in [-0.3, -0.25) is 4.79 Å². The minimum absolute atomic E-state index is 0.219. The number of carbonyl (C=O) groups excluding carboxylic acids is 1. The van der Waals surface area contributed by atoms with Gasteiger partial charge in [-0.25, -0.2) is 0 Å². The molecule has 0 atom stereocenters. The van der Waals surface area contributed by atoms with Crippen molar-refractivity contribution >= 4 is 27.3 Å². The molecule has 0 unspecified atom stereocenters. The molecule has 3 rings (SSSR count). The smallest absolute Gasteiger partial charge is 0.165 e. The van der Waals surface area contributed by atoms with Crippen LogP contribution >= 0.6 is 0 Å². The van der Waals surface area contributed by atoms with E-state index in [9.17, 15) is 4.79 Å². The topological polar surface area (TPSA) is 20.3 Å². The van der Waals surface area contributed by atoms with Crippen LogP contribution < -0.4 is 0 Å². The van der Waals surface area contributed by atoms with E-state index in [2.05, 4.69) is 18.2 Å². The summed E-state index contributed by atoms with van der Waals surface area (Å²) in [6.07, 6.45) is 0.547. The molecule has 0 aliphatic rings. The van der Waals surface area contributed by atoms with E-state index in [1.165, 1.54) is 0 Å². The fourth-order valence-electron chi connectivity index (χ4n) is 2.76. The average Bonchev–Trinajstić information content (AvgIpc) is 2.50. The Morgan fingerprint density at radius 1 is 0.905 bits per heavy atom. The largest absolute Gasteiger partial charge is 0.309 e. The Morgan fingerprint density at radius 3 is 1.95 bits per heavy atom. The molecule has 0 aliphatic heterocycles. The summed E-state index contributed by atoms with van der Waals surface area (Å²) in [4.78, 5) is 14.8. The first-order valence-corrected chi connectivity index (χ1v) is 7.25. The van der Waals surface area contributed by atoms with Crippen molar-refractivity contribution in [3.8, 4) is 0 Å². The highest BCUT2D eigenvalue weighted by Gasteiger charge is 2.14. The zero-order chi connectivity index (χ0) is 14.8. The SMILES string of the molecule is CN(C)CCC(=O)c1c2ccccc2cc2ccccc12. The van der Waals surface area contributed by atoms with Crippen molar-refractivity contribution < 1.29 is 4.79 Å². The first-order valence-electron chi connectivity index (χ1n) is 7.25. The maximum absolute atomic E-state index is 12.8. The van der Waals surface area contributed by atoms with Gasteiger partial charge in [0.2, 0.25) is 0 Å². The molecule has 0 bridgehead atoms. The Kier molecular flexibility index (Phi) is 3.72. The van der Waals surface area contributed by atoms with Crippen LogP contribution in [0.1, 0.15) is 16.8 Å². The molecular formula is C19H19NO. The number of carbonyl (C=O) groups is 1. The van der Waals surface area contributed by atoms with E-state index in [4.69, 9.17) is 0 Å². The fourth-order valence-corrected chi connectivity index (χ4v) is 2.76. The number of benzene rings is 3. The Morgan fingerprint density at radius 2 is 1.43 bits per heavy atom. The second-order valence-electron chi connectivity index (χ2n) is 5.67. The lowest BCUT2D eigenvalue weighted by Crippen LogP contribution is -2.17. The van der Waals surface area contributed by atoms with Crippen LogP contribution in [-0.2, 0) is 0 Å². The molecule has 2 heteroatoms. The standard InChI is InChI=1S/C19H19NO/c1-20(2)12-11-18(21)19-16-9-5-3-7-14(16)13-15-8-4-6-10-17(15)19/h3-10,13H,11-12H2,1-2H3. The van der Waals surface area contributed by atoms with E-state index in [0.29, 0.717) is 6.42 Å². The van der Waals surface area contributed by atoms with Crippen molar-refractivity contribution in [1.29, 1.82) is 0 Å². The molecule has 0 aliphatic carbocycles. The summed E-state index contributed by atoms with van der Waals surface area (Å²) in [6, 6.07) is 18.4. The molecule has 21 heavy (non-hydrogen) atoms. The number of nitrogens with zero attached hydrogens (tertiary/aromatic N) is 1. The van der Waals surface area contributed by atoms with Crippen LogP contribution in [0.2, 0.25) is 0 Å². The van der Waals surface area contributed by atoms with Crippen molar-refractivity contribution in [2.45, 2.75) is 6.42 Å². The van der Waals surface area contributed by atoms with Gasteiger partial charge < -0.3 is 4.90 Å². The number of hydrogen-bond donors (Lipinski definition) is 0. The van der Waals surface area contributed by atoms with Gasteiger partial charge in [0.05, 0.1) is 0 Å². The highest BCUT2D eigenvalue weighted by molar-refractivity contribution is 6.18. The lowest BCUT2D eigenvalue weighted by Gasteiger charge is -2.12. The van der Waals surface area contributed by atoms with E-state index in [1.54, 1.807) is 0 Å². The third-order valence-electron chi connectivity index (χ3n) is 3.84. The van der Waals surface area contributed by atoms with Gasteiger partial charge in [0, 0.05) is 18.5 Å². The number of Topliss-reactive ketones (excluding diaryl/α,β-unsaturated/α-hetero) is 1. The van der Waals surface area contributed by atoms with Gasteiger partial charge in [0.1, 0.15) is 0 Å². The predicted octanol–water partition coefficient (Wildman–Crippen LogP) is 4.13. The van der Waals surface area contributed by atoms with E-state index in [1.807, 2.05) is 55.4 Å². The molecular weight excluding hydrogens is 258 g/mol. The van der Waals surface area contributed by atoms with Gasteiger partial charge in [-0.1, -0.05) is 48.5 Å². The quantitative estimate of drug-likeness (QED) is 0.528. The van der Waals surface area contributed by atoms with Gasteiger partial charge in [0.25, 0.3) is 0 Å². The first kappa shape index (κ1) is 13.8. The number of ketones is 1. The fraction of sp³-hybridized carbons (Fsp3) is 0.211. The summed E-state index contributed by atoms with van der Waals surface area (Å²) in [6.45, 7) is 0.774. The number of fused-ring (bicyclic) bond motifs is 2. The highest BCUT2D eigenvalue weighted by atomic mass is 16.1. The van der Waals surface area contributed by atoms with E-state index < -0.39 is 0 Å². The molecule has 2 nitrogen and oxygen atoms in total. The summed E-state index contributed by atoms with van der Waals surface area (Å²) < 4.78 is 0. The van der Waals surface area contributed by atoms with Crippen LogP contribution in [0.4, 0.5) is 0 Å². The summed E-state index contributed by atoms with van der Waals surface area (Å²) >= 11 is 0. The molecule has 0 N–H and O–H groups in total. The molecule has 0 heterocycles. The van der Waals surface area contributed by atoms with Crippen LogP contribution in [0.25, 0.3) is 21.5 Å². The Labute approximate surface area is 125 Å². The van der Waals surface area contributed by atoms with Crippen LogP contribution in [-0.4, -0.2) is 31.3 Å². The van der Waals surface area contributed by atoms with Crippen LogP contribution in [0.15, 0.2) is 54.6 Å². The maximum Gasteiger partial charge on any atom is 0.165 e. The van der Waals surface area contributed by atoms with E-state index in [-0.39, 0.29) is 5.78 Å². The molecule has 0 spiro atoms.